The highest BCUT2D eigenvalue weighted by molar-refractivity contribution is 5.89. The fourth-order valence-corrected chi connectivity index (χ4v) is 9.02. The highest BCUT2D eigenvalue weighted by atomic mass is 16.6. The SMILES string of the molecule is CC(C)[C@@H](C)/C=C/[C@@H](C)[C@@H]1CC[C@@H]2C3=C[C@H](OC(=O)c4ccccc4)[C@]4(O)C[C@@H](O)CC[C@@]4(C)[C@H]3CC[C@]21C. The summed E-state index contributed by atoms with van der Waals surface area (Å²) in [5, 5.41) is 23.0. The van der Waals surface area contributed by atoms with Gasteiger partial charge in [-0.15, -0.1) is 0 Å². The Morgan fingerprint density at radius 3 is 2.38 bits per heavy atom. The predicted molar refractivity (Wildman–Crippen MR) is 156 cm³/mol. The van der Waals surface area contributed by atoms with Gasteiger partial charge in [-0.3, -0.25) is 0 Å². The number of carbonyl (C=O) groups excluding carboxylic acids is 1. The Labute approximate surface area is 235 Å². The van der Waals surface area contributed by atoms with Crippen molar-refractivity contribution in [3.8, 4) is 0 Å². The van der Waals surface area contributed by atoms with E-state index in [2.05, 4.69) is 59.8 Å². The van der Waals surface area contributed by atoms with Crippen molar-refractivity contribution in [1.29, 1.82) is 0 Å². The number of ether oxygens (including phenoxy) is 1. The summed E-state index contributed by atoms with van der Waals surface area (Å²) in [4.78, 5) is 13.2. The predicted octanol–water partition coefficient (Wildman–Crippen LogP) is 7.36. The van der Waals surface area contributed by atoms with Crippen molar-refractivity contribution in [2.45, 2.75) is 104 Å². The Bertz CT molecular complexity index is 1110. The lowest BCUT2D eigenvalue weighted by atomic mass is 9.45. The zero-order valence-electron chi connectivity index (χ0n) is 24.9. The first-order chi connectivity index (χ1) is 18.4. The average molecular weight is 535 g/mol. The number of aliphatic hydroxyl groups is 2. The number of benzene rings is 1. The normalized spacial score (nSPS) is 41.4. The maximum absolute atomic E-state index is 13.2. The smallest absolute Gasteiger partial charge is 0.338 e. The molecule has 0 spiro atoms. The van der Waals surface area contributed by atoms with Crippen LogP contribution in [0.25, 0.3) is 0 Å². The largest absolute Gasteiger partial charge is 0.451 e. The van der Waals surface area contributed by atoms with E-state index in [0.29, 0.717) is 41.6 Å². The molecule has 0 saturated heterocycles. The maximum atomic E-state index is 13.2. The number of allylic oxidation sites excluding steroid dienone is 3. The van der Waals surface area contributed by atoms with Crippen LogP contribution in [0.5, 0.6) is 0 Å². The monoisotopic (exact) mass is 534 g/mol. The highest BCUT2D eigenvalue weighted by Crippen LogP contribution is 2.67. The molecule has 0 bridgehead atoms. The number of rotatable bonds is 6. The number of hydrogen-bond acceptors (Lipinski definition) is 4. The van der Waals surface area contributed by atoms with Gasteiger partial charge in [0.25, 0.3) is 0 Å². The number of esters is 1. The van der Waals surface area contributed by atoms with Crippen LogP contribution in [-0.2, 0) is 4.74 Å². The van der Waals surface area contributed by atoms with E-state index in [4.69, 9.17) is 4.74 Å². The second-order valence-corrected chi connectivity index (χ2v) is 14.3. The third-order valence-electron chi connectivity index (χ3n) is 12.0. The molecule has 10 atom stereocenters. The molecular weight excluding hydrogens is 484 g/mol. The molecule has 0 radical (unpaired) electrons. The molecule has 2 N–H and O–H groups in total. The Kier molecular flexibility index (Phi) is 7.70. The fourth-order valence-electron chi connectivity index (χ4n) is 9.02. The van der Waals surface area contributed by atoms with Gasteiger partial charge in [0.2, 0.25) is 0 Å². The summed E-state index contributed by atoms with van der Waals surface area (Å²) in [7, 11) is 0. The molecule has 3 saturated carbocycles. The third kappa shape index (κ3) is 4.74. The minimum atomic E-state index is -1.28. The van der Waals surface area contributed by atoms with Crippen molar-refractivity contribution < 1.29 is 19.7 Å². The molecule has 39 heavy (non-hydrogen) atoms. The van der Waals surface area contributed by atoms with E-state index in [9.17, 15) is 15.0 Å². The van der Waals surface area contributed by atoms with Crippen LogP contribution in [0.4, 0.5) is 0 Å². The Hall–Kier alpha value is -1.91. The minimum absolute atomic E-state index is 0.196. The molecule has 4 aliphatic carbocycles. The molecule has 0 heterocycles. The van der Waals surface area contributed by atoms with Crippen LogP contribution < -0.4 is 0 Å². The van der Waals surface area contributed by atoms with Gasteiger partial charge in [-0.2, -0.15) is 0 Å². The second-order valence-electron chi connectivity index (χ2n) is 14.3. The molecule has 0 amide bonds. The van der Waals surface area contributed by atoms with Crippen LogP contribution in [-0.4, -0.2) is 34.0 Å². The molecule has 4 aliphatic rings. The van der Waals surface area contributed by atoms with Crippen LogP contribution in [0.1, 0.15) is 96.8 Å². The van der Waals surface area contributed by atoms with Crippen LogP contribution >= 0.6 is 0 Å². The molecule has 5 rings (SSSR count). The van der Waals surface area contributed by atoms with Gasteiger partial charge in [0.05, 0.1) is 11.7 Å². The standard InChI is InChI=1S/C35H50O4/c1-22(2)23(3)12-13-24(4)28-14-15-29-27-20-31(39-32(37)25-10-8-7-9-11-25)35(38)21-26(36)16-19-34(35,6)30(27)17-18-33(28,29)5/h7-13,20,22-24,26,28-31,36,38H,14-19,21H2,1-6H3/b13-12+/t23-,24+,26-,28-,29+,30-,31-,33-,34-,35+/m0/s1. The molecular formula is C35H50O4. The number of aliphatic hydroxyl groups excluding tert-OH is 1. The van der Waals surface area contributed by atoms with Crippen molar-refractivity contribution in [2.75, 3.05) is 0 Å². The summed E-state index contributed by atoms with van der Waals surface area (Å²) in [6.45, 7) is 14.0. The molecule has 1 aromatic carbocycles. The van der Waals surface area contributed by atoms with Crippen molar-refractivity contribution in [3.05, 3.63) is 59.7 Å². The second kappa shape index (κ2) is 10.5. The Morgan fingerprint density at radius 2 is 1.69 bits per heavy atom. The molecule has 4 heteroatoms. The van der Waals surface area contributed by atoms with E-state index in [1.165, 1.54) is 12.0 Å². The maximum Gasteiger partial charge on any atom is 0.338 e. The first kappa shape index (κ1) is 28.6. The average Bonchev–Trinajstić information content (AvgIpc) is 3.26. The third-order valence-corrected chi connectivity index (χ3v) is 12.0. The van der Waals surface area contributed by atoms with Gasteiger partial charge in [0.1, 0.15) is 11.7 Å². The molecule has 4 nitrogen and oxygen atoms in total. The van der Waals surface area contributed by atoms with Gasteiger partial charge in [0, 0.05) is 11.8 Å². The molecule has 1 aromatic rings. The van der Waals surface area contributed by atoms with Crippen LogP contribution in [0.2, 0.25) is 0 Å². The van der Waals surface area contributed by atoms with Crippen LogP contribution in [0.3, 0.4) is 0 Å². The number of hydrogen-bond donors (Lipinski definition) is 2. The van der Waals surface area contributed by atoms with Crippen molar-refractivity contribution in [2.24, 2.45) is 46.3 Å². The summed E-state index contributed by atoms with van der Waals surface area (Å²) >= 11 is 0. The van der Waals surface area contributed by atoms with E-state index in [-0.39, 0.29) is 17.8 Å². The van der Waals surface area contributed by atoms with Gasteiger partial charge in [-0.25, -0.2) is 4.79 Å². The number of fused-ring (bicyclic) bond motifs is 5. The fraction of sp³-hybridized carbons (Fsp3) is 0.686. The van der Waals surface area contributed by atoms with Gasteiger partial charge < -0.3 is 14.9 Å². The van der Waals surface area contributed by atoms with E-state index in [1.54, 1.807) is 12.1 Å². The Balaban J connectivity index is 1.49. The molecule has 0 aliphatic heterocycles. The lowest BCUT2D eigenvalue weighted by molar-refractivity contribution is -0.210. The van der Waals surface area contributed by atoms with E-state index in [0.717, 1.165) is 25.7 Å². The Morgan fingerprint density at radius 1 is 0.974 bits per heavy atom. The van der Waals surface area contributed by atoms with Gasteiger partial charge in [-0.05, 0) is 97.7 Å². The number of carbonyl (C=O) groups is 1. The summed E-state index contributed by atoms with van der Waals surface area (Å²) in [5.41, 5.74) is 0.382. The molecule has 0 unspecified atom stereocenters. The minimum Gasteiger partial charge on any atom is -0.451 e. The quantitative estimate of drug-likeness (QED) is 0.296. The summed E-state index contributed by atoms with van der Waals surface area (Å²) in [5.74, 6) is 2.64. The van der Waals surface area contributed by atoms with Gasteiger partial charge >= 0.3 is 5.97 Å². The first-order valence-electron chi connectivity index (χ1n) is 15.5. The van der Waals surface area contributed by atoms with E-state index < -0.39 is 29.2 Å². The van der Waals surface area contributed by atoms with E-state index >= 15 is 0 Å². The summed E-state index contributed by atoms with van der Waals surface area (Å²) in [6.07, 6.45) is 11.9. The van der Waals surface area contributed by atoms with Gasteiger partial charge in [-0.1, -0.05) is 77.5 Å². The highest BCUT2D eigenvalue weighted by Gasteiger charge is 2.66. The van der Waals surface area contributed by atoms with Crippen molar-refractivity contribution in [3.63, 3.8) is 0 Å². The zero-order valence-corrected chi connectivity index (χ0v) is 24.9. The van der Waals surface area contributed by atoms with Crippen LogP contribution in [0, 0.1) is 46.3 Å². The van der Waals surface area contributed by atoms with Gasteiger partial charge in [0.15, 0.2) is 0 Å². The summed E-state index contributed by atoms with van der Waals surface area (Å²) in [6, 6.07) is 9.06. The van der Waals surface area contributed by atoms with Crippen molar-refractivity contribution >= 4 is 5.97 Å². The summed E-state index contributed by atoms with van der Waals surface area (Å²) < 4.78 is 6.17. The molecule has 3 fully saturated rings. The molecule has 214 valence electrons. The molecule has 0 aromatic heterocycles. The lowest BCUT2D eigenvalue weighted by Crippen LogP contribution is -2.66. The van der Waals surface area contributed by atoms with Crippen LogP contribution in [0.15, 0.2) is 54.1 Å². The zero-order chi connectivity index (χ0) is 28.2. The lowest BCUT2D eigenvalue weighted by Gasteiger charge is -2.62. The van der Waals surface area contributed by atoms with E-state index in [1.807, 2.05) is 18.2 Å². The first-order valence-corrected chi connectivity index (χ1v) is 15.5. The van der Waals surface area contributed by atoms with Crippen molar-refractivity contribution in [1.82, 2.24) is 0 Å². The topological polar surface area (TPSA) is 66.8 Å².